The molecule has 0 saturated carbocycles. The maximum absolute atomic E-state index is 12.6. The van der Waals surface area contributed by atoms with Gasteiger partial charge in [0.2, 0.25) is 5.78 Å². The number of aryl methyl sites for hydroxylation is 1. The molecule has 0 radical (unpaired) electrons. The third-order valence-electron chi connectivity index (χ3n) is 4.02. The standard InChI is InChI=1S/C19H18N4O3/c1-3-14-8-10-15(11-9-14)18(24)13(2)26-19(25)16-6-4-5-7-17(16)23-12-20-21-22-23/h4-13H,3H2,1-2H3/t13-/m0/s1. The Morgan fingerprint density at radius 3 is 2.50 bits per heavy atom. The van der Waals surface area contributed by atoms with E-state index >= 15 is 0 Å². The van der Waals surface area contributed by atoms with Crippen molar-refractivity contribution in [2.24, 2.45) is 0 Å². The van der Waals surface area contributed by atoms with E-state index in [1.165, 1.54) is 11.0 Å². The number of Topliss-reactive ketones (excluding diaryl/α,β-unsaturated/α-hetero) is 1. The first-order chi connectivity index (χ1) is 12.6. The highest BCUT2D eigenvalue weighted by atomic mass is 16.5. The fourth-order valence-corrected chi connectivity index (χ4v) is 2.53. The molecular weight excluding hydrogens is 332 g/mol. The molecule has 3 aromatic rings. The van der Waals surface area contributed by atoms with Gasteiger partial charge in [0.25, 0.3) is 0 Å². The van der Waals surface area contributed by atoms with Gasteiger partial charge in [0.1, 0.15) is 6.33 Å². The molecule has 0 aliphatic carbocycles. The van der Waals surface area contributed by atoms with Crippen molar-refractivity contribution in [3.8, 4) is 5.69 Å². The van der Waals surface area contributed by atoms with Crippen LogP contribution in [0.2, 0.25) is 0 Å². The Balaban J connectivity index is 1.76. The molecule has 3 rings (SSSR count). The van der Waals surface area contributed by atoms with E-state index in [1.807, 2.05) is 19.1 Å². The molecule has 0 fully saturated rings. The Morgan fingerprint density at radius 1 is 1.12 bits per heavy atom. The van der Waals surface area contributed by atoms with Crippen molar-refractivity contribution in [3.63, 3.8) is 0 Å². The lowest BCUT2D eigenvalue weighted by Crippen LogP contribution is -2.25. The third-order valence-corrected chi connectivity index (χ3v) is 4.02. The summed E-state index contributed by atoms with van der Waals surface area (Å²) in [5, 5.41) is 10.9. The van der Waals surface area contributed by atoms with Crippen LogP contribution in [0.3, 0.4) is 0 Å². The quantitative estimate of drug-likeness (QED) is 0.502. The Morgan fingerprint density at radius 2 is 1.85 bits per heavy atom. The highest BCUT2D eigenvalue weighted by Crippen LogP contribution is 2.16. The van der Waals surface area contributed by atoms with Crippen LogP contribution in [-0.2, 0) is 11.2 Å². The minimum atomic E-state index is -0.906. The van der Waals surface area contributed by atoms with Crippen molar-refractivity contribution in [3.05, 3.63) is 71.5 Å². The smallest absolute Gasteiger partial charge is 0.341 e. The van der Waals surface area contributed by atoms with Crippen LogP contribution in [0.5, 0.6) is 0 Å². The first kappa shape index (κ1) is 17.5. The second-order valence-corrected chi connectivity index (χ2v) is 5.73. The van der Waals surface area contributed by atoms with Gasteiger partial charge >= 0.3 is 5.97 Å². The molecule has 0 aliphatic heterocycles. The average molecular weight is 350 g/mol. The molecule has 1 atom stereocenters. The molecule has 1 heterocycles. The van der Waals surface area contributed by atoms with Crippen LogP contribution in [0.25, 0.3) is 5.69 Å². The lowest BCUT2D eigenvalue weighted by Gasteiger charge is -2.14. The number of para-hydroxylation sites is 1. The number of ketones is 1. The second-order valence-electron chi connectivity index (χ2n) is 5.73. The molecule has 2 aromatic carbocycles. The van der Waals surface area contributed by atoms with E-state index in [9.17, 15) is 9.59 Å². The van der Waals surface area contributed by atoms with Crippen molar-refractivity contribution in [2.45, 2.75) is 26.4 Å². The summed E-state index contributed by atoms with van der Waals surface area (Å²) in [6, 6.07) is 14.1. The predicted molar refractivity (Wildman–Crippen MR) is 94.2 cm³/mol. The van der Waals surface area contributed by atoms with Crippen LogP contribution < -0.4 is 0 Å². The number of esters is 1. The highest BCUT2D eigenvalue weighted by molar-refractivity contribution is 6.02. The van der Waals surface area contributed by atoms with Gasteiger partial charge in [0, 0.05) is 5.56 Å². The molecule has 7 heteroatoms. The fourth-order valence-electron chi connectivity index (χ4n) is 2.53. The van der Waals surface area contributed by atoms with E-state index in [0.717, 1.165) is 12.0 Å². The Labute approximate surface area is 150 Å². The lowest BCUT2D eigenvalue weighted by atomic mass is 10.0. The van der Waals surface area contributed by atoms with Crippen LogP contribution in [0.4, 0.5) is 0 Å². The van der Waals surface area contributed by atoms with E-state index in [4.69, 9.17) is 4.74 Å². The predicted octanol–water partition coefficient (Wildman–Crippen LogP) is 2.65. The molecular formula is C19H18N4O3. The molecule has 132 valence electrons. The van der Waals surface area contributed by atoms with Gasteiger partial charge in [-0.3, -0.25) is 4.79 Å². The number of carbonyl (C=O) groups is 2. The monoisotopic (exact) mass is 350 g/mol. The van der Waals surface area contributed by atoms with Gasteiger partial charge in [-0.15, -0.1) is 5.10 Å². The molecule has 1 aromatic heterocycles. The van der Waals surface area contributed by atoms with Gasteiger partial charge in [0.05, 0.1) is 11.3 Å². The van der Waals surface area contributed by atoms with Crippen LogP contribution in [0, 0.1) is 0 Å². The van der Waals surface area contributed by atoms with Crippen molar-refractivity contribution in [1.82, 2.24) is 20.2 Å². The summed E-state index contributed by atoms with van der Waals surface area (Å²) in [6.45, 7) is 3.61. The van der Waals surface area contributed by atoms with Gasteiger partial charge in [-0.1, -0.05) is 43.3 Å². The zero-order valence-corrected chi connectivity index (χ0v) is 14.5. The zero-order chi connectivity index (χ0) is 18.5. The van der Waals surface area contributed by atoms with Crippen LogP contribution in [0.15, 0.2) is 54.9 Å². The number of tetrazole rings is 1. The van der Waals surface area contributed by atoms with E-state index < -0.39 is 12.1 Å². The van der Waals surface area contributed by atoms with Gasteiger partial charge in [-0.2, -0.15) is 4.68 Å². The van der Waals surface area contributed by atoms with Gasteiger partial charge < -0.3 is 4.74 Å². The van der Waals surface area contributed by atoms with Crippen LogP contribution in [-0.4, -0.2) is 38.1 Å². The molecule has 0 amide bonds. The van der Waals surface area contributed by atoms with Gasteiger partial charge in [0.15, 0.2) is 6.10 Å². The van der Waals surface area contributed by atoms with Gasteiger partial charge in [-0.05, 0) is 41.5 Å². The number of aromatic nitrogens is 4. The second kappa shape index (κ2) is 7.69. The normalized spacial score (nSPS) is 11.8. The van der Waals surface area contributed by atoms with Crippen molar-refractivity contribution in [2.75, 3.05) is 0 Å². The van der Waals surface area contributed by atoms with E-state index in [0.29, 0.717) is 11.3 Å². The van der Waals surface area contributed by atoms with E-state index in [1.54, 1.807) is 43.3 Å². The maximum atomic E-state index is 12.6. The Hall–Kier alpha value is -3.35. The fraction of sp³-hybridized carbons (Fsp3) is 0.211. The van der Waals surface area contributed by atoms with Crippen LogP contribution in [0.1, 0.15) is 40.1 Å². The Kier molecular flexibility index (Phi) is 5.17. The Bertz CT molecular complexity index is 905. The number of rotatable bonds is 6. The van der Waals surface area contributed by atoms with Crippen molar-refractivity contribution >= 4 is 11.8 Å². The summed E-state index contributed by atoms with van der Waals surface area (Å²) >= 11 is 0. The number of hydrogen-bond donors (Lipinski definition) is 0. The third kappa shape index (κ3) is 3.66. The van der Waals surface area contributed by atoms with Crippen LogP contribution >= 0.6 is 0 Å². The lowest BCUT2D eigenvalue weighted by molar-refractivity contribution is 0.0318. The number of benzene rings is 2. The van der Waals surface area contributed by atoms with E-state index in [-0.39, 0.29) is 11.3 Å². The number of ether oxygens (including phenoxy) is 1. The summed E-state index contributed by atoms with van der Waals surface area (Å²) in [6.07, 6.45) is 1.38. The first-order valence-electron chi connectivity index (χ1n) is 8.26. The topological polar surface area (TPSA) is 87.0 Å². The SMILES string of the molecule is CCc1ccc(C(=O)[C@H](C)OC(=O)c2ccccc2-n2cnnn2)cc1. The minimum absolute atomic E-state index is 0.249. The largest absolute Gasteiger partial charge is 0.451 e. The van der Waals surface area contributed by atoms with Gasteiger partial charge in [-0.25, -0.2) is 4.79 Å². The maximum Gasteiger partial charge on any atom is 0.341 e. The number of hydrogen-bond acceptors (Lipinski definition) is 6. The molecule has 0 aliphatic rings. The average Bonchev–Trinajstić information content (AvgIpc) is 3.22. The number of carbonyl (C=O) groups excluding carboxylic acids is 2. The van der Waals surface area contributed by atoms with E-state index in [2.05, 4.69) is 15.5 Å². The minimum Gasteiger partial charge on any atom is -0.451 e. The first-order valence-corrected chi connectivity index (χ1v) is 8.26. The number of nitrogens with zero attached hydrogens (tertiary/aromatic N) is 4. The van der Waals surface area contributed by atoms with Crippen molar-refractivity contribution < 1.29 is 14.3 Å². The molecule has 7 nitrogen and oxygen atoms in total. The molecule has 0 bridgehead atoms. The molecule has 0 unspecified atom stereocenters. The summed E-state index contributed by atoms with van der Waals surface area (Å²) in [4.78, 5) is 25.1. The summed E-state index contributed by atoms with van der Waals surface area (Å²) in [5.74, 6) is -0.858. The van der Waals surface area contributed by atoms with Crippen molar-refractivity contribution in [1.29, 1.82) is 0 Å². The summed E-state index contributed by atoms with van der Waals surface area (Å²) in [5.41, 5.74) is 2.41. The molecule has 0 N–H and O–H groups in total. The highest BCUT2D eigenvalue weighted by Gasteiger charge is 2.22. The summed E-state index contributed by atoms with van der Waals surface area (Å²) in [7, 11) is 0. The molecule has 26 heavy (non-hydrogen) atoms. The molecule has 0 spiro atoms. The zero-order valence-electron chi connectivity index (χ0n) is 14.5. The summed E-state index contributed by atoms with van der Waals surface area (Å²) < 4.78 is 6.75. The molecule has 0 saturated heterocycles.